The summed E-state index contributed by atoms with van der Waals surface area (Å²) in [5, 5.41) is 14.4. The monoisotopic (exact) mass is 348 g/mol. The zero-order valence-electron chi connectivity index (χ0n) is 14.2. The molecule has 5 rings (SSSR count). The molecule has 1 amide bonds. The van der Waals surface area contributed by atoms with E-state index in [-0.39, 0.29) is 23.1 Å². The highest BCUT2D eigenvalue weighted by Gasteiger charge is 2.59. The van der Waals surface area contributed by atoms with Crippen LogP contribution in [0, 0.1) is 17.3 Å². The highest BCUT2D eigenvalue weighted by molar-refractivity contribution is 7.15. The lowest BCUT2D eigenvalue weighted by Crippen LogP contribution is -2.61. The lowest BCUT2D eigenvalue weighted by atomic mass is 9.46. The normalized spacial score (nSPS) is 38.1. The lowest BCUT2D eigenvalue weighted by Gasteiger charge is -2.62. The van der Waals surface area contributed by atoms with Crippen LogP contribution in [-0.4, -0.2) is 33.4 Å². The van der Waals surface area contributed by atoms with Gasteiger partial charge in [0, 0.05) is 13.0 Å². The smallest absolute Gasteiger partial charge is 0.263 e. The van der Waals surface area contributed by atoms with E-state index in [9.17, 15) is 14.7 Å². The molecule has 1 aromatic heterocycles. The van der Waals surface area contributed by atoms with Crippen LogP contribution in [0.5, 0.6) is 0 Å². The number of Topliss-reactive ketones (excluding diaryl/α,β-unsaturated/α-hetero) is 1. The van der Waals surface area contributed by atoms with Crippen molar-refractivity contribution in [2.24, 2.45) is 17.3 Å². The summed E-state index contributed by atoms with van der Waals surface area (Å²) in [5.41, 5.74) is -0.502. The third kappa shape index (κ3) is 2.60. The van der Waals surface area contributed by atoms with Gasteiger partial charge in [-0.1, -0.05) is 0 Å². The number of nitrogens with one attached hydrogen (secondary N) is 1. The number of aromatic nitrogens is 1. The molecule has 4 fully saturated rings. The fourth-order valence-corrected chi connectivity index (χ4v) is 6.47. The minimum atomic E-state index is -0.518. The molecule has 4 bridgehead atoms. The maximum absolute atomic E-state index is 12.5. The summed E-state index contributed by atoms with van der Waals surface area (Å²) in [6, 6.07) is 0.0188. The van der Waals surface area contributed by atoms with Gasteiger partial charge in [0.05, 0.1) is 11.8 Å². The van der Waals surface area contributed by atoms with Crippen molar-refractivity contribution in [1.82, 2.24) is 10.3 Å². The van der Waals surface area contributed by atoms with Gasteiger partial charge in [-0.3, -0.25) is 9.59 Å². The standard InChI is InChI=1S/C18H24N2O3S/c1-10(21)16-19-8-14(24-16)15(22)20-11(2)17-4-12-3-13(5-17)7-18(23,6-12)9-17/h8,11-13,23H,3-7,9H2,1-2H3,(H,20,22)/t11-,12-,13-,17?,18?/m1/s1. The number of rotatable bonds is 4. The third-order valence-corrected chi connectivity index (χ3v) is 7.47. The van der Waals surface area contributed by atoms with Crippen molar-refractivity contribution in [3.8, 4) is 0 Å². The van der Waals surface area contributed by atoms with Crippen LogP contribution in [0.4, 0.5) is 0 Å². The summed E-state index contributed by atoms with van der Waals surface area (Å²) in [6.45, 7) is 3.53. The van der Waals surface area contributed by atoms with Gasteiger partial charge in [-0.25, -0.2) is 4.98 Å². The molecule has 3 atom stereocenters. The van der Waals surface area contributed by atoms with Crippen LogP contribution < -0.4 is 5.32 Å². The molecule has 24 heavy (non-hydrogen) atoms. The average Bonchev–Trinajstić information content (AvgIpc) is 2.94. The number of hydrogen-bond donors (Lipinski definition) is 2. The first-order valence-electron chi connectivity index (χ1n) is 8.79. The van der Waals surface area contributed by atoms with Gasteiger partial charge in [0.15, 0.2) is 10.8 Å². The quantitative estimate of drug-likeness (QED) is 0.820. The van der Waals surface area contributed by atoms with Gasteiger partial charge in [0.25, 0.3) is 5.91 Å². The second kappa shape index (κ2) is 5.36. The molecular weight excluding hydrogens is 324 g/mol. The third-order valence-electron chi connectivity index (χ3n) is 6.37. The Kier molecular flexibility index (Phi) is 3.62. The highest BCUT2D eigenvalue weighted by Crippen LogP contribution is 2.62. The Morgan fingerprint density at radius 2 is 2.00 bits per heavy atom. The van der Waals surface area contributed by atoms with Gasteiger partial charge in [0.1, 0.15) is 4.88 Å². The molecule has 0 unspecified atom stereocenters. The molecular formula is C18H24N2O3S. The Labute approximate surface area is 145 Å². The van der Waals surface area contributed by atoms with Crippen molar-refractivity contribution < 1.29 is 14.7 Å². The predicted octanol–water partition coefficient (Wildman–Crippen LogP) is 2.80. The number of nitrogens with zero attached hydrogens (tertiary/aromatic N) is 1. The number of thiazole rings is 1. The zero-order chi connectivity index (χ0) is 17.1. The molecule has 0 radical (unpaired) electrons. The van der Waals surface area contributed by atoms with Crippen molar-refractivity contribution >= 4 is 23.0 Å². The second-order valence-corrected chi connectivity index (χ2v) is 9.36. The van der Waals surface area contributed by atoms with E-state index in [1.165, 1.54) is 19.5 Å². The van der Waals surface area contributed by atoms with Crippen molar-refractivity contribution in [2.45, 2.75) is 64.0 Å². The minimum absolute atomic E-state index is 0.0165. The minimum Gasteiger partial charge on any atom is -0.390 e. The Morgan fingerprint density at radius 1 is 1.33 bits per heavy atom. The summed E-state index contributed by atoms with van der Waals surface area (Å²) < 4.78 is 0. The lowest BCUT2D eigenvalue weighted by molar-refractivity contribution is -0.171. The maximum atomic E-state index is 12.5. The van der Waals surface area contributed by atoms with Crippen LogP contribution in [0.1, 0.15) is 71.8 Å². The van der Waals surface area contributed by atoms with Crippen LogP contribution >= 0.6 is 11.3 Å². The van der Waals surface area contributed by atoms with Crippen LogP contribution in [-0.2, 0) is 0 Å². The molecule has 2 N–H and O–H groups in total. The molecule has 5 nitrogen and oxygen atoms in total. The van der Waals surface area contributed by atoms with Crippen molar-refractivity contribution in [2.75, 3.05) is 0 Å². The van der Waals surface area contributed by atoms with Crippen LogP contribution in [0.15, 0.2) is 6.20 Å². The van der Waals surface area contributed by atoms with E-state index in [1.54, 1.807) is 0 Å². The van der Waals surface area contributed by atoms with Crippen molar-refractivity contribution in [3.05, 3.63) is 16.1 Å². The fraction of sp³-hybridized carbons (Fsp3) is 0.722. The first-order valence-corrected chi connectivity index (χ1v) is 9.60. The van der Waals surface area contributed by atoms with Crippen molar-refractivity contribution in [1.29, 1.82) is 0 Å². The number of aliphatic hydroxyl groups is 1. The fourth-order valence-electron chi connectivity index (χ4n) is 5.75. The Bertz CT molecular complexity index is 684. The Hall–Kier alpha value is -1.27. The number of ketones is 1. The Morgan fingerprint density at radius 3 is 2.54 bits per heavy atom. The molecule has 4 aliphatic carbocycles. The van der Waals surface area contributed by atoms with Gasteiger partial charge in [0.2, 0.25) is 0 Å². The Balaban J connectivity index is 1.50. The van der Waals surface area contributed by atoms with Crippen LogP contribution in [0.2, 0.25) is 0 Å². The predicted molar refractivity (Wildman–Crippen MR) is 91.1 cm³/mol. The SMILES string of the molecule is CC(=O)c1ncc(C(=O)N[C@H](C)C23C[C@H]4C[C@@H](CC(O)(C4)C2)C3)s1. The highest BCUT2D eigenvalue weighted by atomic mass is 32.1. The van der Waals surface area contributed by atoms with E-state index >= 15 is 0 Å². The van der Waals surface area contributed by atoms with Gasteiger partial charge >= 0.3 is 0 Å². The topological polar surface area (TPSA) is 79.3 Å². The largest absolute Gasteiger partial charge is 0.390 e. The summed E-state index contributed by atoms with van der Waals surface area (Å²) >= 11 is 1.15. The van der Waals surface area contributed by atoms with Crippen LogP contribution in [0.25, 0.3) is 0 Å². The summed E-state index contributed by atoms with van der Waals surface area (Å²) in [7, 11) is 0. The maximum Gasteiger partial charge on any atom is 0.263 e. The van der Waals surface area contributed by atoms with Gasteiger partial charge in [-0.2, -0.15) is 0 Å². The number of carbonyl (C=O) groups is 2. The molecule has 6 heteroatoms. The molecule has 1 aromatic rings. The van der Waals surface area contributed by atoms with Gasteiger partial charge < -0.3 is 10.4 Å². The number of hydrogen-bond acceptors (Lipinski definition) is 5. The average molecular weight is 348 g/mol. The molecule has 0 spiro atoms. The zero-order valence-corrected chi connectivity index (χ0v) is 15.0. The van der Waals surface area contributed by atoms with Gasteiger partial charge in [-0.15, -0.1) is 11.3 Å². The first kappa shape index (κ1) is 16.2. The molecule has 130 valence electrons. The van der Waals surface area contributed by atoms with E-state index < -0.39 is 5.60 Å². The number of amides is 1. The van der Waals surface area contributed by atoms with E-state index in [4.69, 9.17) is 0 Å². The second-order valence-electron chi connectivity index (χ2n) is 8.33. The molecule has 0 aromatic carbocycles. The summed E-state index contributed by atoms with van der Waals surface area (Å²) in [4.78, 5) is 28.4. The van der Waals surface area contributed by atoms with E-state index in [2.05, 4.69) is 17.2 Å². The molecule has 0 aliphatic heterocycles. The van der Waals surface area contributed by atoms with E-state index in [1.807, 2.05) is 0 Å². The molecule has 4 aliphatic rings. The van der Waals surface area contributed by atoms with Gasteiger partial charge in [-0.05, 0) is 62.7 Å². The van der Waals surface area contributed by atoms with Crippen molar-refractivity contribution in [3.63, 3.8) is 0 Å². The number of carbonyl (C=O) groups excluding carboxylic acids is 2. The summed E-state index contributed by atoms with van der Waals surface area (Å²) in [5.74, 6) is 0.928. The first-order chi connectivity index (χ1) is 11.3. The van der Waals surface area contributed by atoms with E-state index in [0.29, 0.717) is 21.7 Å². The summed E-state index contributed by atoms with van der Waals surface area (Å²) in [6.07, 6.45) is 7.60. The van der Waals surface area contributed by atoms with Crippen LogP contribution in [0.3, 0.4) is 0 Å². The van der Waals surface area contributed by atoms with E-state index in [0.717, 1.165) is 43.4 Å². The molecule has 0 saturated heterocycles. The molecule has 4 saturated carbocycles. The molecule has 1 heterocycles.